The monoisotopic (exact) mass is 215 g/mol. The second-order valence-corrected chi connectivity index (χ2v) is 5.84. The molecular formula is C15H21N. The Morgan fingerprint density at radius 3 is 2.94 bits per heavy atom. The molecule has 1 atom stereocenters. The molecule has 2 aliphatic carbocycles. The first-order valence-corrected chi connectivity index (χ1v) is 6.57. The summed E-state index contributed by atoms with van der Waals surface area (Å²) in [6, 6.07) is 7.08. The Morgan fingerprint density at radius 2 is 2.19 bits per heavy atom. The number of rotatable bonds is 3. The summed E-state index contributed by atoms with van der Waals surface area (Å²) in [7, 11) is 0. The molecule has 1 aromatic carbocycles. The largest absolute Gasteiger partial charge is 0.325 e. The zero-order chi connectivity index (χ0) is 11.2. The van der Waals surface area contributed by atoms with Gasteiger partial charge in [0.25, 0.3) is 0 Å². The minimum atomic E-state index is 0.199. The summed E-state index contributed by atoms with van der Waals surface area (Å²) in [5.41, 5.74) is 11.0. The Labute approximate surface area is 98.0 Å². The molecule has 0 radical (unpaired) electrons. The highest BCUT2D eigenvalue weighted by molar-refractivity contribution is 5.38. The van der Waals surface area contributed by atoms with Gasteiger partial charge >= 0.3 is 0 Å². The van der Waals surface area contributed by atoms with Gasteiger partial charge in [0.15, 0.2) is 0 Å². The van der Waals surface area contributed by atoms with Gasteiger partial charge in [0.05, 0.1) is 0 Å². The van der Waals surface area contributed by atoms with Gasteiger partial charge in [-0.2, -0.15) is 0 Å². The molecule has 1 unspecified atom stereocenters. The number of benzene rings is 1. The predicted octanol–water partition coefficient (Wildman–Crippen LogP) is 3.16. The maximum absolute atomic E-state index is 6.13. The van der Waals surface area contributed by atoms with E-state index in [0.717, 1.165) is 12.3 Å². The highest BCUT2D eigenvalue weighted by atomic mass is 14.8. The predicted molar refractivity (Wildman–Crippen MR) is 67.7 cm³/mol. The molecule has 0 saturated heterocycles. The molecule has 0 bridgehead atoms. The van der Waals surface area contributed by atoms with Crippen LogP contribution in [0.2, 0.25) is 0 Å². The molecule has 86 valence electrons. The molecule has 1 saturated carbocycles. The topological polar surface area (TPSA) is 26.0 Å². The maximum atomic E-state index is 6.13. The summed E-state index contributed by atoms with van der Waals surface area (Å²) < 4.78 is 0. The van der Waals surface area contributed by atoms with Crippen LogP contribution in [0.3, 0.4) is 0 Å². The van der Waals surface area contributed by atoms with Crippen molar-refractivity contribution in [2.75, 3.05) is 0 Å². The standard InChI is InChI=1S/C15H21N/c1-11-2-4-13-5-3-12(10-14(11)13)6-7-15(16)8-9-15/h3,5,10-11H,2,4,6-9,16H2,1H3. The van der Waals surface area contributed by atoms with Gasteiger partial charge in [-0.3, -0.25) is 0 Å². The number of hydrogen-bond donors (Lipinski definition) is 1. The zero-order valence-corrected chi connectivity index (χ0v) is 10.1. The fourth-order valence-corrected chi connectivity index (χ4v) is 2.82. The minimum Gasteiger partial charge on any atom is -0.325 e. The fourth-order valence-electron chi connectivity index (χ4n) is 2.82. The average molecular weight is 215 g/mol. The summed E-state index contributed by atoms with van der Waals surface area (Å²) >= 11 is 0. The van der Waals surface area contributed by atoms with Gasteiger partial charge in [-0.15, -0.1) is 0 Å². The molecule has 0 heterocycles. The van der Waals surface area contributed by atoms with Crippen LogP contribution < -0.4 is 5.73 Å². The molecule has 2 N–H and O–H groups in total. The third-order valence-corrected chi connectivity index (χ3v) is 4.39. The Kier molecular flexibility index (Phi) is 2.32. The average Bonchev–Trinajstić information content (AvgIpc) is 2.92. The third kappa shape index (κ3) is 1.89. The van der Waals surface area contributed by atoms with Crippen LogP contribution in [0.15, 0.2) is 18.2 Å². The van der Waals surface area contributed by atoms with E-state index in [1.165, 1.54) is 37.7 Å². The van der Waals surface area contributed by atoms with Crippen molar-refractivity contribution in [3.05, 3.63) is 34.9 Å². The highest BCUT2D eigenvalue weighted by Crippen LogP contribution is 2.37. The lowest BCUT2D eigenvalue weighted by atomic mass is 9.97. The molecule has 0 amide bonds. The maximum Gasteiger partial charge on any atom is 0.0158 e. The van der Waals surface area contributed by atoms with Crippen LogP contribution in [-0.2, 0) is 12.8 Å². The molecule has 2 aliphatic rings. The molecule has 16 heavy (non-hydrogen) atoms. The van der Waals surface area contributed by atoms with Crippen LogP contribution >= 0.6 is 0 Å². The van der Waals surface area contributed by atoms with Gasteiger partial charge in [0.1, 0.15) is 0 Å². The molecule has 0 aromatic heterocycles. The van der Waals surface area contributed by atoms with E-state index in [1.807, 2.05) is 0 Å². The van der Waals surface area contributed by atoms with Crippen LogP contribution in [0.5, 0.6) is 0 Å². The second-order valence-electron chi connectivity index (χ2n) is 5.84. The number of fused-ring (bicyclic) bond motifs is 1. The molecule has 1 nitrogen and oxygen atoms in total. The lowest BCUT2D eigenvalue weighted by Crippen LogP contribution is -2.22. The Bertz CT molecular complexity index is 404. The number of nitrogens with two attached hydrogens (primary N) is 1. The van der Waals surface area contributed by atoms with Crippen molar-refractivity contribution < 1.29 is 0 Å². The van der Waals surface area contributed by atoms with E-state index >= 15 is 0 Å². The van der Waals surface area contributed by atoms with Gasteiger partial charge in [-0.1, -0.05) is 25.1 Å². The molecule has 3 rings (SSSR count). The molecule has 0 aliphatic heterocycles. The first-order valence-electron chi connectivity index (χ1n) is 6.57. The fraction of sp³-hybridized carbons (Fsp3) is 0.600. The van der Waals surface area contributed by atoms with E-state index in [-0.39, 0.29) is 5.54 Å². The summed E-state index contributed by atoms with van der Waals surface area (Å²) in [5.74, 6) is 0.766. The van der Waals surface area contributed by atoms with Crippen molar-refractivity contribution in [2.45, 2.75) is 56.9 Å². The highest BCUT2D eigenvalue weighted by Gasteiger charge is 2.37. The number of aryl methyl sites for hydroxylation is 2. The Morgan fingerprint density at radius 1 is 1.38 bits per heavy atom. The minimum absolute atomic E-state index is 0.199. The van der Waals surface area contributed by atoms with Crippen molar-refractivity contribution in [3.8, 4) is 0 Å². The summed E-state index contributed by atoms with van der Waals surface area (Å²) in [4.78, 5) is 0. The SMILES string of the molecule is CC1CCc2ccc(CCC3(N)CC3)cc21. The second kappa shape index (κ2) is 3.59. The zero-order valence-electron chi connectivity index (χ0n) is 10.1. The lowest BCUT2D eigenvalue weighted by Gasteiger charge is -2.11. The number of hydrogen-bond acceptors (Lipinski definition) is 1. The van der Waals surface area contributed by atoms with Gasteiger partial charge in [0, 0.05) is 5.54 Å². The summed E-state index contributed by atoms with van der Waals surface area (Å²) in [5, 5.41) is 0. The molecule has 1 heteroatoms. The Hall–Kier alpha value is -0.820. The van der Waals surface area contributed by atoms with Gasteiger partial charge in [0.2, 0.25) is 0 Å². The quantitative estimate of drug-likeness (QED) is 0.823. The molecule has 0 spiro atoms. The van der Waals surface area contributed by atoms with Crippen LogP contribution in [-0.4, -0.2) is 5.54 Å². The van der Waals surface area contributed by atoms with Crippen molar-refractivity contribution in [1.82, 2.24) is 0 Å². The van der Waals surface area contributed by atoms with Crippen LogP contribution in [0, 0.1) is 0 Å². The lowest BCUT2D eigenvalue weighted by molar-refractivity contribution is 0.609. The normalized spacial score (nSPS) is 25.5. The van der Waals surface area contributed by atoms with Crippen molar-refractivity contribution in [1.29, 1.82) is 0 Å². The van der Waals surface area contributed by atoms with Crippen LogP contribution in [0.25, 0.3) is 0 Å². The van der Waals surface area contributed by atoms with Crippen molar-refractivity contribution in [2.24, 2.45) is 5.73 Å². The molecular weight excluding hydrogens is 194 g/mol. The van der Waals surface area contributed by atoms with Gasteiger partial charge in [-0.05, 0) is 61.1 Å². The summed E-state index contributed by atoms with van der Waals surface area (Å²) in [6.07, 6.45) is 7.40. The Balaban J connectivity index is 1.73. The molecule has 1 aromatic rings. The first-order chi connectivity index (χ1) is 7.66. The summed E-state index contributed by atoms with van der Waals surface area (Å²) in [6.45, 7) is 2.35. The molecule has 1 fully saturated rings. The van der Waals surface area contributed by atoms with E-state index in [1.54, 1.807) is 11.1 Å². The van der Waals surface area contributed by atoms with Gasteiger partial charge in [-0.25, -0.2) is 0 Å². The smallest absolute Gasteiger partial charge is 0.0158 e. The van der Waals surface area contributed by atoms with E-state index < -0.39 is 0 Å². The van der Waals surface area contributed by atoms with Crippen molar-refractivity contribution in [3.63, 3.8) is 0 Å². The van der Waals surface area contributed by atoms with E-state index in [2.05, 4.69) is 25.1 Å². The van der Waals surface area contributed by atoms with Crippen LogP contribution in [0.4, 0.5) is 0 Å². The van der Waals surface area contributed by atoms with Gasteiger partial charge < -0.3 is 5.73 Å². The van der Waals surface area contributed by atoms with E-state index in [4.69, 9.17) is 5.73 Å². The van der Waals surface area contributed by atoms with E-state index in [0.29, 0.717) is 0 Å². The van der Waals surface area contributed by atoms with Crippen molar-refractivity contribution >= 4 is 0 Å². The van der Waals surface area contributed by atoms with Crippen LogP contribution in [0.1, 0.15) is 55.2 Å². The third-order valence-electron chi connectivity index (χ3n) is 4.39. The van der Waals surface area contributed by atoms with E-state index in [9.17, 15) is 0 Å². The first kappa shape index (κ1) is 10.3.